The third kappa shape index (κ3) is 6.38. The van der Waals surface area contributed by atoms with Gasteiger partial charge < -0.3 is 20.4 Å². The van der Waals surface area contributed by atoms with E-state index in [-0.39, 0.29) is 43.2 Å². The second kappa shape index (κ2) is 10.00. The van der Waals surface area contributed by atoms with Crippen molar-refractivity contribution in [3.05, 3.63) is 47.0 Å². The third-order valence-corrected chi connectivity index (χ3v) is 5.06. The summed E-state index contributed by atoms with van der Waals surface area (Å²) in [6, 6.07) is 0. The number of halogens is 6. The first-order valence-corrected chi connectivity index (χ1v) is 10.0. The van der Waals surface area contributed by atoms with E-state index in [0.717, 1.165) is 5.01 Å². The lowest BCUT2D eigenvalue weighted by Crippen LogP contribution is -2.51. The van der Waals surface area contributed by atoms with Crippen LogP contribution in [0.1, 0.15) is 6.42 Å². The predicted molar refractivity (Wildman–Crippen MR) is 108 cm³/mol. The van der Waals surface area contributed by atoms with Gasteiger partial charge in [-0.15, -0.1) is 0 Å². The van der Waals surface area contributed by atoms with Gasteiger partial charge in [-0.1, -0.05) is 6.08 Å². The number of hydrazine groups is 1. The summed E-state index contributed by atoms with van der Waals surface area (Å²) in [5.74, 6) is -0.157. The molecular weight excluding hydrogens is 456 g/mol. The highest BCUT2D eigenvalue weighted by atomic mass is 19.4. The van der Waals surface area contributed by atoms with Crippen molar-refractivity contribution in [2.45, 2.75) is 24.9 Å². The molecule has 0 saturated carbocycles. The van der Waals surface area contributed by atoms with E-state index in [1.54, 1.807) is 13.1 Å². The number of carbonyl (C=O) groups excluding carboxylic acids is 1. The number of nitrogens with zero attached hydrogens (tertiary/aromatic N) is 3. The van der Waals surface area contributed by atoms with Gasteiger partial charge in [0.15, 0.2) is 12.5 Å². The van der Waals surface area contributed by atoms with Gasteiger partial charge >= 0.3 is 12.4 Å². The van der Waals surface area contributed by atoms with E-state index in [0.29, 0.717) is 17.4 Å². The molecule has 7 nitrogen and oxygen atoms in total. The molecule has 13 heteroatoms. The molecular formula is C20H23F6N5O2. The normalized spacial score (nSPS) is 22.1. The summed E-state index contributed by atoms with van der Waals surface area (Å²) in [4.78, 5) is 16.2. The zero-order valence-corrected chi connectivity index (χ0v) is 17.6. The van der Waals surface area contributed by atoms with Crippen LogP contribution < -0.4 is 10.6 Å². The van der Waals surface area contributed by atoms with E-state index in [1.165, 1.54) is 23.4 Å². The molecule has 0 aromatic heterocycles. The van der Waals surface area contributed by atoms with Gasteiger partial charge in [0.25, 0.3) is 0 Å². The fourth-order valence-electron chi connectivity index (χ4n) is 3.66. The number of dihydropyridines is 2. The summed E-state index contributed by atoms with van der Waals surface area (Å²) < 4.78 is 82.3. The van der Waals surface area contributed by atoms with Crippen molar-refractivity contribution < 1.29 is 35.9 Å². The topological polar surface area (TPSA) is 69.2 Å². The maximum atomic E-state index is 13.1. The predicted octanol–water partition coefficient (Wildman–Crippen LogP) is 2.43. The Morgan fingerprint density at radius 2 is 2.03 bits per heavy atom. The molecule has 0 aliphatic carbocycles. The van der Waals surface area contributed by atoms with E-state index in [2.05, 4.69) is 15.6 Å². The molecule has 2 N–H and O–H groups in total. The quantitative estimate of drug-likeness (QED) is 0.412. The van der Waals surface area contributed by atoms with Crippen LogP contribution in [0.25, 0.3) is 0 Å². The highest BCUT2D eigenvalue weighted by molar-refractivity contribution is 6.17. The summed E-state index contributed by atoms with van der Waals surface area (Å²) in [7, 11) is 1.57. The number of carbonyl (C=O) groups is 1. The Balaban J connectivity index is 1.95. The molecule has 3 aliphatic heterocycles. The molecule has 3 rings (SSSR count). The average Bonchev–Trinajstić information content (AvgIpc) is 3.11. The maximum Gasteiger partial charge on any atom is 0.422 e. The van der Waals surface area contributed by atoms with E-state index in [4.69, 9.17) is 4.74 Å². The van der Waals surface area contributed by atoms with Crippen LogP contribution >= 0.6 is 0 Å². The Morgan fingerprint density at radius 1 is 1.27 bits per heavy atom. The molecule has 1 unspecified atom stereocenters. The second-order valence-corrected chi connectivity index (χ2v) is 7.42. The molecule has 0 radical (unpaired) electrons. The maximum absolute atomic E-state index is 13.1. The number of aliphatic imine (C=N–C) groups is 1. The Morgan fingerprint density at radius 3 is 2.67 bits per heavy atom. The van der Waals surface area contributed by atoms with Gasteiger partial charge in [-0.05, 0) is 25.6 Å². The number of nitrogens with one attached hydrogen (secondary N) is 2. The number of alkyl halides is 6. The molecule has 0 fully saturated rings. The smallest absolute Gasteiger partial charge is 0.422 e. The second-order valence-electron chi connectivity index (χ2n) is 7.42. The van der Waals surface area contributed by atoms with Gasteiger partial charge in [0.05, 0.1) is 17.5 Å². The van der Waals surface area contributed by atoms with Gasteiger partial charge in [-0.25, -0.2) is 0 Å². The molecule has 0 aromatic rings. The molecule has 0 amide bonds. The number of rotatable bonds is 8. The van der Waals surface area contributed by atoms with Gasteiger partial charge in [0.2, 0.25) is 0 Å². The minimum atomic E-state index is -4.57. The minimum Gasteiger partial charge on any atom is -0.469 e. The fourth-order valence-corrected chi connectivity index (χ4v) is 3.66. The molecule has 3 heterocycles. The lowest BCUT2D eigenvalue weighted by Gasteiger charge is -2.36. The number of hydrogen-bond acceptors (Lipinski definition) is 7. The molecule has 182 valence electrons. The van der Waals surface area contributed by atoms with E-state index < -0.39 is 31.7 Å². The van der Waals surface area contributed by atoms with Crippen molar-refractivity contribution in [2.75, 3.05) is 39.8 Å². The van der Waals surface area contributed by atoms with Crippen molar-refractivity contribution in [3.63, 3.8) is 0 Å². The highest BCUT2D eigenvalue weighted by Crippen LogP contribution is 2.29. The summed E-state index contributed by atoms with van der Waals surface area (Å²) >= 11 is 0. The zero-order chi connectivity index (χ0) is 24.2. The standard InChI is InChI=1S/C20H23F6N5O2/c1-27-16-5-8-30(11-19(21,22)23)31(16)9-15-13(10-32)4-7-28-17(15)14-3-2-6-29-18(14)33-12-20(24,25)26/h2-3,5,8,10,16,27,29H,4,6-7,9,11-12H2,1H3. The number of allylic oxidation sites excluding steroid dienone is 2. The van der Waals surface area contributed by atoms with Crippen molar-refractivity contribution in [1.82, 2.24) is 20.7 Å². The van der Waals surface area contributed by atoms with Gasteiger partial charge in [0.1, 0.15) is 12.8 Å². The van der Waals surface area contributed by atoms with Crippen LogP contribution in [0.5, 0.6) is 0 Å². The molecule has 0 aromatic carbocycles. The van der Waals surface area contributed by atoms with Crippen LogP contribution in [0, 0.1) is 0 Å². The van der Waals surface area contributed by atoms with E-state index in [1.807, 2.05) is 0 Å². The third-order valence-electron chi connectivity index (χ3n) is 5.06. The summed E-state index contributed by atoms with van der Waals surface area (Å²) in [5.41, 5.74) is 1.05. The Labute approximate surface area is 186 Å². The SMILES string of the molecule is CNC1C=CN(CC(F)(F)F)N1CC1=C(C=O)CCN=C1C1=C(OCC(F)(F)F)NCC=C1. The van der Waals surface area contributed by atoms with Crippen LogP contribution in [0.4, 0.5) is 26.3 Å². The monoisotopic (exact) mass is 479 g/mol. The van der Waals surface area contributed by atoms with Crippen molar-refractivity contribution in [2.24, 2.45) is 4.99 Å². The Bertz CT molecular complexity index is 904. The molecule has 1 atom stereocenters. The molecule has 33 heavy (non-hydrogen) atoms. The molecule has 3 aliphatic rings. The van der Waals surface area contributed by atoms with Crippen LogP contribution in [0.15, 0.2) is 52.0 Å². The summed E-state index contributed by atoms with van der Waals surface area (Å²) in [6.07, 6.45) is -2.78. The molecule has 0 spiro atoms. The van der Waals surface area contributed by atoms with Crippen molar-refractivity contribution >= 4 is 12.0 Å². The highest BCUT2D eigenvalue weighted by Gasteiger charge is 2.38. The first-order chi connectivity index (χ1) is 15.5. The van der Waals surface area contributed by atoms with Crippen molar-refractivity contribution in [1.29, 1.82) is 0 Å². The average molecular weight is 479 g/mol. The summed E-state index contributed by atoms with van der Waals surface area (Å²) in [6.45, 7) is -2.48. The first kappa shape index (κ1) is 24.8. The van der Waals surface area contributed by atoms with Gasteiger partial charge in [-0.2, -0.15) is 31.4 Å². The minimum absolute atomic E-state index is 0.134. The first-order valence-electron chi connectivity index (χ1n) is 10.0. The fraction of sp³-hybridized carbons (Fsp3) is 0.500. The number of ether oxygens (including phenoxy) is 1. The number of aldehydes is 1. The van der Waals surface area contributed by atoms with Crippen LogP contribution in [-0.2, 0) is 9.53 Å². The van der Waals surface area contributed by atoms with Crippen molar-refractivity contribution in [3.8, 4) is 0 Å². The van der Waals surface area contributed by atoms with Crippen LogP contribution in [0.2, 0.25) is 0 Å². The Kier molecular flexibility index (Phi) is 7.52. The molecule has 0 bridgehead atoms. The van der Waals surface area contributed by atoms with Crippen LogP contribution in [0.3, 0.4) is 0 Å². The summed E-state index contributed by atoms with van der Waals surface area (Å²) in [5, 5.41) is 7.97. The lowest BCUT2D eigenvalue weighted by molar-refractivity contribution is -0.168. The van der Waals surface area contributed by atoms with Gasteiger partial charge in [0, 0.05) is 37.0 Å². The number of hydrogen-bond donors (Lipinski definition) is 2. The van der Waals surface area contributed by atoms with Gasteiger partial charge in [-0.3, -0.25) is 9.79 Å². The largest absolute Gasteiger partial charge is 0.469 e. The van der Waals surface area contributed by atoms with E-state index in [9.17, 15) is 31.1 Å². The Hall–Kier alpha value is -2.80. The van der Waals surface area contributed by atoms with E-state index >= 15 is 0 Å². The lowest BCUT2D eigenvalue weighted by atomic mass is 9.92. The van der Waals surface area contributed by atoms with Crippen LogP contribution in [-0.4, -0.2) is 80.4 Å². The number of likely N-dealkylation sites (N-methyl/N-ethyl adjacent to an activating group) is 1. The zero-order valence-electron chi connectivity index (χ0n) is 17.6. The molecule has 0 saturated heterocycles.